The van der Waals surface area contributed by atoms with Crippen LogP contribution in [-0.2, 0) is 11.2 Å². The molecule has 0 aliphatic heterocycles. The lowest BCUT2D eigenvalue weighted by molar-refractivity contribution is -0.115. The van der Waals surface area contributed by atoms with Gasteiger partial charge in [-0.3, -0.25) is 14.0 Å². The number of nitrogens with one attached hydrogen (secondary N) is 1. The zero-order chi connectivity index (χ0) is 20.5. The van der Waals surface area contributed by atoms with E-state index in [4.69, 9.17) is 0 Å². The van der Waals surface area contributed by atoms with Gasteiger partial charge in [0.25, 0.3) is 5.56 Å². The van der Waals surface area contributed by atoms with Crippen LogP contribution in [0.5, 0.6) is 0 Å². The fraction of sp³-hybridized carbons (Fsp3) is 0.136. The van der Waals surface area contributed by atoms with Gasteiger partial charge in [-0.2, -0.15) is 0 Å². The molecule has 0 atom stereocenters. The largest absolute Gasteiger partial charge is 0.326 e. The minimum atomic E-state index is -0.333. The number of hydrogen-bond acceptors (Lipinski definition) is 4. The summed E-state index contributed by atoms with van der Waals surface area (Å²) >= 11 is 1.40. The summed E-state index contributed by atoms with van der Waals surface area (Å²) in [4.78, 5) is 30.2. The van der Waals surface area contributed by atoms with E-state index in [1.807, 2.05) is 30.5 Å². The molecule has 0 bridgehead atoms. The molecule has 0 saturated carbocycles. The topological polar surface area (TPSA) is 63.5 Å². The van der Waals surface area contributed by atoms with E-state index in [2.05, 4.69) is 10.3 Å². The van der Waals surface area contributed by atoms with Crippen LogP contribution in [0.2, 0.25) is 0 Å². The van der Waals surface area contributed by atoms with Crippen LogP contribution in [0, 0.1) is 19.7 Å². The zero-order valence-electron chi connectivity index (χ0n) is 15.9. The highest BCUT2D eigenvalue weighted by atomic mass is 32.1. The number of hydrogen-bond donors (Lipinski definition) is 1. The number of thiazole rings is 1. The van der Waals surface area contributed by atoms with E-state index in [0.29, 0.717) is 16.2 Å². The van der Waals surface area contributed by atoms with Crippen LogP contribution in [0.4, 0.5) is 10.1 Å². The van der Waals surface area contributed by atoms with Crippen molar-refractivity contribution in [2.75, 3.05) is 5.32 Å². The molecule has 29 heavy (non-hydrogen) atoms. The van der Waals surface area contributed by atoms with E-state index in [9.17, 15) is 14.0 Å². The number of aromatic nitrogens is 2. The highest BCUT2D eigenvalue weighted by Gasteiger charge is 2.13. The van der Waals surface area contributed by atoms with E-state index in [1.54, 1.807) is 29.5 Å². The van der Waals surface area contributed by atoms with Crippen molar-refractivity contribution < 1.29 is 9.18 Å². The summed E-state index contributed by atoms with van der Waals surface area (Å²) < 4.78 is 14.6. The number of carbonyl (C=O) groups excluding carboxylic acids is 1. The monoisotopic (exact) mass is 407 g/mol. The Bertz CT molecular complexity index is 1280. The molecule has 1 amide bonds. The molecule has 7 heteroatoms. The van der Waals surface area contributed by atoms with Crippen molar-refractivity contribution in [3.63, 3.8) is 0 Å². The molecular weight excluding hydrogens is 389 g/mol. The third-order valence-corrected chi connectivity index (χ3v) is 5.58. The second-order valence-corrected chi connectivity index (χ2v) is 7.64. The van der Waals surface area contributed by atoms with E-state index in [0.717, 1.165) is 22.5 Å². The summed E-state index contributed by atoms with van der Waals surface area (Å²) in [6.45, 7) is 3.60. The number of carbonyl (C=O) groups is 1. The maximum Gasteiger partial charge on any atom is 0.262 e. The molecule has 5 nitrogen and oxygen atoms in total. The van der Waals surface area contributed by atoms with E-state index in [-0.39, 0.29) is 23.7 Å². The fourth-order valence-corrected chi connectivity index (χ4v) is 4.02. The van der Waals surface area contributed by atoms with Gasteiger partial charge >= 0.3 is 0 Å². The first-order chi connectivity index (χ1) is 13.9. The van der Waals surface area contributed by atoms with E-state index < -0.39 is 0 Å². The third-order valence-electron chi connectivity index (χ3n) is 4.76. The van der Waals surface area contributed by atoms with Crippen molar-refractivity contribution in [1.29, 1.82) is 0 Å². The van der Waals surface area contributed by atoms with Crippen LogP contribution >= 0.6 is 11.3 Å². The minimum Gasteiger partial charge on any atom is -0.326 e. The van der Waals surface area contributed by atoms with Crippen molar-refractivity contribution >= 4 is 27.9 Å². The van der Waals surface area contributed by atoms with Crippen molar-refractivity contribution in [2.24, 2.45) is 0 Å². The van der Waals surface area contributed by atoms with E-state index >= 15 is 0 Å². The Hall–Kier alpha value is -3.32. The van der Waals surface area contributed by atoms with Crippen LogP contribution < -0.4 is 10.9 Å². The first-order valence-corrected chi connectivity index (χ1v) is 9.92. The average molecular weight is 407 g/mol. The summed E-state index contributed by atoms with van der Waals surface area (Å²) in [7, 11) is 0. The van der Waals surface area contributed by atoms with Crippen molar-refractivity contribution in [3.8, 4) is 11.3 Å². The Morgan fingerprint density at radius 1 is 1.17 bits per heavy atom. The second-order valence-electron chi connectivity index (χ2n) is 6.80. The molecule has 0 spiro atoms. The number of nitrogens with zero attached hydrogens (tertiary/aromatic N) is 2. The Labute approximate surface area is 170 Å². The van der Waals surface area contributed by atoms with Gasteiger partial charge in [0.1, 0.15) is 5.82 Å². The van der Waals surface area contributed by atoms with Crippen LogP contribution in [0.3, 0.4) is 0 Å². The van der Waals surface area contributed by atoms with Gasteiger partial charge in [0, 0.05) is 27.9 Å². The molecule has 4 rings (SSSR count). The zero-order valence-corrected chi connectivity index (χ0v) is 16.7. The maximum absolute atomic E-state index is 13.0. The number of fused-ring (bicyclic) bond motifs is 1. The molecule has 146 valence electrons. The molecule has 0 radical (unpaired) electrons. The standard InChI is InChI=1S/C22H18FN3O2S/c1-13-14(2)24-22-26(21(13)28)19(12-29-22)16-4-3-5-18(11-16)25-20(27)10-15-6-8-17(23)9-7-15/h3-9,11-12H,10H2,1-2H3,(H,25,27). The molecule has 0 saturated heterocycles. The third kappa shape index (κ3) is 3.82. The summed E-state index contributed by atoms with van der Waals surface area (Å²) in [6, 6.07) is 13.2. The molecule has 0 aliphatic rings. The molecule has 4 aromatic rings. The van der Waals surface area contributed by atoms with Crippen LogP contribution in [-0.4, -0.2) is 15.3 Å². The maximum atomic E-state index is 13.0. The lowest BCUT2D eigenvalue weighted by Crippen LogP contribution is -2.18. The first-order valence-electron chi connectivity index (χ1n) is 9.04. The van der Waals surface area contributed by atoms with Gasteiger partial charge in [0.05, 0.1) is 12.1 Å². The van der Waals surface area contributed by atoms with Crippen LogP contribution in [0.25, 0.3) is 16.2 Å². The quantitative estimate of drug-likeness (QED) is 0.547. The predicted octanol–water partition coefficient (Wildman–Crippen LogP) is 4.36. The Balaban J connectivity index is 1.62. The second kappa shape index (κ2) is 7.60. The number of amides is 1. The predicted molar refractivity (Wildman–Crippen MR) is 113 cm³/mol. The minimum absolute atomic E-state index is 0.0884. The lowest BCUT2D eigenvalue weighted by Gasteiger charge is -2.08. The number of anilines is 1. The fourth-order valence-electron chi connectivity index (χ4n) is 3.09. The van der Waals surface area contributed by atoms with Gasteiger partial charge in [-0.15, -0.1) is 11.3 Å². The summed E-state index contributed by atoms with van der Waals surface area (Å²) in [6.07, 6.45) is 0.147. The van der Waals surface area contributed by atoms with Gasteiger partial charge in [0.15, 0.2) is 4.96 Å². The van der Waals surface area contributed by atoms with Crippen molar-refractivity contribution in [1.82, 2.24) is 9.38 Å². The molecule has 2 aromatic carbocycles. The van der Waals surface area contributed by atoms with Gasteiger partial charge in [-0.25, -0.2) is 9.37 Å². The van der Waals surface area contributed by atoms with Gasteiger partial charge in [-0.1, -0.05) is 24.3 Å². The average Bonchev–Trinajstić information content (AvgIpc) is 3.12. The lowest BCUT2D eigenvalue weighted by atomic mass is 10.1. The Morgan fingerprint density at radius 3 is 2.69 bits per heavy atom. The smallest absolute Gasteiger partial charge is 0.262 e. The molecule has 0 fully saturated rings. The Kier molecular flexibility index (Phi) is 4.98. The number of halogens is 1. The summed E-state index contributed by atoms with van der Waals surface area (Å²) in [5.74, 6) is -0.533. The highest BCUT2D eigenvalue weighted by molar-refractivity contribution is 7.15. The molecule has 0 unspecified atom stereocenters. The van der Waals surface area contributed by atoms with Crippen LogP contribution in [0.15, 0.2) is 58.7 Å². The Morgan fingerprint density at radius 2 is 1.93 bits per heavy atom. The molecule has 1 N–H and O–H groups in total. The number of aryl methyl sites for hydroxylation is 1. The normalized spacial score (nSPS) is 11.0. The number of benzene rings is 2. The SMILES string of the molecule is Cc1nc2scc(-c3cccc(NC(=O)Cc4ccc(F)cc4)c3)n2c(=O)c1C. The summed E-state index contributed by atoms with van der Waals surface area (Å²) in [5.41, 5.74) is 4.15. The van der Waals surface area contributed by atoms with Gasteiger partial charge in [0.2, 0.25) is 5.91 Å². The van der Waals surface area contributed by atoms with E-state index in [1.165, 1.54) is 23.5 Å². The van der Waals surface area contributed by atoms with Crippen LogP contribution in [0.1, 0.15) is 16.8 Å². The number of rotatable bonds is 4. The first kappa shape index (κ1) is 19.0. The molecule has 2 heterocycles. The van der Waals surface area contributed by atoms with Gasteiger partial charge < -0.3 is 5.32 Å². The highest BCUT2D eigenvalue weighted by Crippen LogP contribution is 2.26. The van der Waals surface area contributed by atoms with Gasteiger partial charge in [-0.05, 0) is 43.7 Å². The molecule has 0 aliphatic carbocycles. The molecular formula is C22H18FN3O2S. The molecule has 2 aromatic heterocycles. The summed E-state index contributed by atoms with van der Waals surface area (Å²) in [5, 5.41) is 4.75. The van der Waals surface area contributed by atoms with Crippen molar-refractivity contribution in [3.05, 3.63) is 86.9 Å². The van der Waals surface area contributed by atoms with Crippen molar-refractivity contribution in [2.45, 2.75) is 20.3 Å².